The summed E-state index contributed by atoms with van der Waals surface area (Å²) < 4.78 is 23.1. The Morgan fingerprint density at radius 1 is 1.40 bits per heavy atom. The van der Waals surface area contributed by atoms with Gasteiger partial charge in [0.1, 0.15) is 0 Å². The van der Waals surface area contributed by atoms with Crippen LogP contribution in [-0.4, -0.2) is 49.3 Å². The van der Waals surface area contributed by atoms with Gasteiger partial charge in [-0.15, -0.1) is 0 Å². The minimum atomic E-state index is -3.34. The van der Waals surface area contributed by atoms with Gasteiger partial charge in [-0.1, -0.05) is 13.0 Å². The first-order valence-corrected chi connectivity index (χ1v) is 8.38. The highest BCUT2D eigenvalue weighted by molar-refractivity contribution is 7.90. The van der Waals surface area contributed by atoms with Gasteiger partial charge >= 0.3 is 0 Å². The number of rotatable bonds is 3. The standard InChI is InChI=1S/C14H19NO4S/c1-4-14(17)8-15(9-14)13(16)12-7-11(20(3,18)19)6-5-10(12)2/h5-7,17H,4,8-9H2,1-3H3. The fraction of sp³-hybridized carbons (Fsp3) is 0.500. The number of hydrogen-bond acceptors (Lipinski definition) is 4. The van der Waals surface area contributed by atoms with E-state index in [9.17, 15) is 18.3 Å². The van der Waals surface area contributed by atoms with Crippen LogP contribution in [0, 0.1) is 6.92 Å². The highest BCUT2D eigenvalue weighted by Crippen LogP contribution is 2.27. The van der Waals surface area contributed by atoms with Crippen molar-refractivity contribution in [2.24, 2.45) is 0 Å². The van der Waals surface area contributed by atoms with Crippen LogP contribution >= 0.6 is 0 Å². The zero-order valence-electron chi connectivity index (χ0n) is 11.9. The Bertz CT molecular complexity index is 645. The zero-order chi connectivity index (χ0) is 15.1. The first kappa shape index (κ1) is 15.0. The first-order chi connectivity index (χ1) is 9.16. The summed E-state index contributed by atoms with van der Waals surface area (Å²) in [6.45, 7) is 4.23. The molecule has 1 aromatic carbocycles. The van der Waals surface area contributed by atoms with E-state index >= 15 is 0 Å². The third-order valence-electron chi connectivity index (χ3n) is 3.78. The van der Waals surface area contributed by atoms with Gasteiger partial charge in [-0.25, -0.2) is 8.42 Å². The van der Waals surface area contributed by atoms with E-state index in [2.05, 4.69) is 0 Å². The van der Waals surface area contributed by atoms with Crippen LogP contribution in [0.1, 0.15) is 29.3 Å². The number of aliphatic hydroxyl groups is 1. The van der Waals surface area contributed by atoms with Gasteiger partial charge in [0.2, 0.25) is 0 Å². The molecule has 110 valence electrons. The van der Waals surface area contributed by atoms with Crippen molar-refractivity contribution in [2.45, 2.75) is 30.8 Å². The van der Waals surface area contributed by atoms with Crippen molar-refractivity contribution in [2.75, 3.05) is 19.3 Å². The van der Waals surface area contributed by atoms with Crippen LogP contribution in [0.4, 0.5) is 0 Å². The van der Waals surface area contributed by atoms with Crippen LogP contribution < -0.4 is 0 Å². The number of β-amino-alcohol motifs (C(OH)–C–C–N with tert-alkyl or cyclic N) is 1. The molecule has 0 spiro atoms. The molecule has 0 aliphatic carbocycles. The van der Waals surface area contributed by atoms with E-state index in [1.165, 1.54) is 17.0 Å². The molecule has 0 radical (unpaired) electrons. The monoisotopic (exact) mass is 297 g/mol. The molecular weight excluding hydrogens is 278 g/mol. The number of carbonyl (C=O) groups is 1. The van der Waals surface area contributed by atoms with E-state index < -0.39 is 15.4 Å². The number of sulfone groups is 1. The third kappa shape index (κ3) is 2.71. The molecule has 1 aromatic rings. The Hall–Kier alpha value is -1.40. The fourth-order valence-electron chi connectivity index (χ4n) is 2.26. The number of hydrogen-bond donors (Lipinski definition) is 1. The molecule has 0 unspecified atom stereocenters. The van der Waals surface area contributed by atoms with Crippen molar-refractivity contribution < 1.29 is 18.3 Å². The second-order valence-electron chi connectivity index (χ2n) is 5.49. The number of likely N-dealkylation sites (tertiary alicyclic amines) is 1. The number of nitrogens with zero attached hydrogens (tertiary/aromatic N) is 1. The second kappa shape index (κ2) is 4.86. The molecular formula is C14H19NO4S. The van der Waals surface area contributed by atoms with Gasteiger partial charge in [0, 0.05) is 11.8 Å². The maximum absolute atomic E-state index is 12.4. The molecule has 1 aliphatic heterocycles. The predicted octanol–water partition coefficient (Wildman–Crippen LogP) is 0.995. The lowest BCUT2D eigenvalue weighted by molar-refractivity contribution is -0.0826. The van der Waals surface area contributed by atoms with E-state index in [1.54, 1.807) is 13.0 Å². The SMILES string of the molecule is CCC1(O)CN(C(=O)c2cc(S(C)(=O)=O)ccc2C)C1. The maximum atomic E-state index is 12.4. The van der Waals surface area contributed by atoms with Crippen LogP contribution in [-0.2, 0) is 9.84 Å². The fourth-order valence-corrected chi connectivity index (χ4v) is 2.91. The summed E-state index contributed by atoms with van der Waals surface area (Å²) in [4.78, 5) is 14.0. The van der Waals surface area contributed by atoms with Crippen molar-refractivity contribution in [3.8, 4) is 0 Å². The lowest BCUT2D eigenvalue weighted by Gasteiger charge is -2.46. The van der Waals surface area contributed by atoms with Crippen molar-refractivity contribution in [1.82, 2.24) is 4.90 Å². The largest absolute Gasteiger partial charge is 0.386 e. The normalized spacial score (nSPS) is 17.7. The van der Waals surface area contributed by atoms with Crippen LogP contribution in [0.5, 0.6) is 0 Å². The molecule has 1 fully saturated rings. The van der Waals surface area contributed by atoms with Crippen LogP contribution in [0.2, 0.25) is 0 Å². The molecule has 1 saturated heterocycles. The van der Waals surface area contributed by atoms with E-state index in [0.29, 0.717) is 25.1 Å². The minimum absolute atomic E-state index is 0.137. The van der Waals surface area contributed by atoms with Gasteiger partial charge in [0.05, 0.1) is 23.6 Å². The minimum Gasteiger partial charge on any atom is -0.386 e. The molecule has 0 atom stereocenters. The summed E-state index contributed by atoms with van der Waals surface area (Å²) in [5.41, 5.74) is 0.318. The van der Waals surface area contributed by atoms with Crippen molar-refractivity contribution in [3.05, 3.63) is 29.3 Å². The lowest BCUT2D eigenvalue weighted by Crippen LogP contribution is -2.63. The Kier molecular flexibility index (Phi) is 3.64. The first-order valence-electron chi connectivity index (χ1n) is 6.49. The van der Waals surface area contributed by atoms with E-state index in [1.807, 2.05) is 6.92 Å². The van der Waals surface area contributed by atoms with Gasteiger partial charge in [-0.05, 0) is 31.0 Å². The summed E-state index contributed by atoms with van der Waals surface area (Å²) >= 11 is 0. The van der Waals surface area contributed by atoms with Crippen molar-refractivity contribution in [1.29, 1.82) is 0 Å². The molecule has 0 bridgehead atoms. The molecule has 0 aromatic heterocycles. The predicted molar refractivity (Wildman–Crippen MR) is 75.4 cm³/mol. The Morgan fingerprint density at radius 2 is 2.00 bits per heavy atom. The quantitative estimate of drug-likeness (QED) is 0.903. The molecule has 1 N–H and O–H groups in total. The maximum Gasteiger partial charge on any atom is 0.254 e. The molecule has 1 amide bonds. The number of amides is 1. The van der Waals surface area contributed by atoms with Crippen LogP contribution in [0.25, 0.3) is 0 Å². The van der Waals surface area contributed by atoms with E-state index in [-0.39, 0.29) is 10.8 Å². The highest BCUT2D eigenvalue weighted by Gasteiger charge is 2.42. The topological polar surface area (TPSA) is 74.7 Å². The van der Waals surface area contributed by atoms with Crippen LogP contribution in [0.15, 0.2) is 23.1 Å². The number of benzene rings is 1. The third-order valence-corrected chi connectivity index (χ3v) is 4.89. The smallest absolute Gasteiger partial charge is 0.254 e. The molecule has 5 nitrogen and oxygen atoms in total. The number of aryl methyl sites for hydroxylation is 1. The Labute approximate surface area is 119 Å². The number of carbonyl (C=O) groups excluding carboxylic acids is 1. The molecule has 2 rings (SSSR count). The van der Waals surface area contributed by atoms with Crippen molar-refractivity contribution in [3.63, 3.8) is 0 Å². The molecule has 20 heavy (non-hydrogen) atoms. The van der Waals surface area contributed by atoms with Crippen LogP contribution in [0.3, 0.4) is 0 Å². The van der Waals surface area contributed by atoms with Gasteiger partial charge in [0.15, 0.2) is 9.84 Å². The zero-order valence-corrected chi connectivity index (χ0v) is 12.7. The Balaban J connectivity index is 2.27. The van der Waals surface area contributed by atoms with Gasteiger partial charge in [-0.2, -0.15) is 0 Å². The summed E-state index contributed by atoms with van der Waals surface area (Å²) in [5, 5.41) is 9.95. The summed E-state index contributed by atoms with van der Waals surface area (Å²) in [6, 6.07) is 4.55. The average Bonchev–Trinajstić information content (AvgIpc) is 2.33. The highest BCUT2D eigenvalue weighted by atomic mass is 32.2. The molecule has 1 heterocycles. The molecule has 1 aliphatic rings. The van der Waals surface area contributed by atoms with Gasteiger partial charge in [-0.3, -0.25) is 4.79 Å². The average molecular weight is 297 g/mol. The molecule has 6 heteroatoms. The summed E-state index contributed by atoms with van der Waals surface area (Å²) in [6.07, 6.45) is 1.71. The van der Waals surface area contributed by atoms with Crippen molar-refractivity contribution >= 4 is 15.7 Å². The van der Waals surface area contributed by atoms with E-state index in [0.717, 1.165) is 11.8 Å². The summed E-state index contributed by atoms with van der Waals surface area (Å²) in [7, 11) is -3.34. The Morgan fingerprint density at radius 3 is 2.50 bits per heavy atom. The molecule has 0 saturated carbocycles. The van der Waals surface area contributed by atoms with Gasteiger partial charge < -0.3 is 10.0 Å². The van der Waals surface area contributed by atoms with Gasteiger partial charge in [0.25, 0.3) is 5.91 Å². The second-order valence-corrected chi connectivity index (χ2v) is 7.50. The lowest BCUT2D eigenvalue weighted by atomic mass is 9.90. The summed E-state index contributed by atoms with van der Waals surface area (Å²) in [5.74, 6) is -0.230. The van der Waals surface area contributed by atoms with E-state index in [4.69, 9.17) is 0 Å².